The van der Waals surface area contributed by atoms with Crippen LogP contribution in [0.4, 0.5) is 9.18 Å². The van der Waals surface area contributed by atoms with E-state index in [1.165, 1.54) is 11.0 Å². The number of likely N-dealkylation sites (N-methyl/N-ethyl adjacent to an activating group) is 1. The van der Waals surface area contributed by atoms with E-state index in [0.717, 1.165) is 10.0 Å². The zero-order valence-electron chi connectivity index (χ0n) is 13.3. The molecule has 0 saturated carbocycles. The molecule has 0 fully saturated rings. The highest BCUT2D eigenvalue weighted by atomic mass is 79.9. The number of nitrogens with zero attached hydrogens (tertiary/aromatic N) is 1. The lowest BCUT2D eigenvalue weighted by Gasteiger charge is -2.31. The molecule has 0 N–H and O–H groups in total. The van der Waals surface area contributed by atoms with Crippen molar-refractivity contribution in [3.63, 3.8) is 0 Å². The van der Waals surface area contributed by atoms with Crippen LogP contribution < -0.4 is 0 Å². The van der Waals surface area contributed by atoms with Gasteiger partial charge in [-0.05, 0) is 44.9 Å². The summed E-state index contributed by atoms with van der Waals surface area (Å²) in [6.07, 6.45) is -0.280. The van der Waals surface area contributed by atoms with E-state index in [0.29, 0.717) is 18.6 Å². The van der Waals surface area contributed by atoms with Crippen molar-refractivity contribution in [3.8, 4) is 0 Å². The molecule has 4 nitrogen and oxygen atoms in total. The molecule has 0 aromatic heterocycles. The van der Waals surface area contributed by atoms with Crippen LogP contribution in [-0.2, 0) is 15.9 Å². The second-order valence-corrected chi connectivity index (χ2v) is 7.25. The van der Waals surface area contributed by atoms with Crippen molar-refractivity contribution in [2.75, 3.05) is 20.2 Å². The molecule has 1 aliphatic rings. The lowest BCUT2D eigenvalue weighted by molar-refractivity contribution is -0.00307. The van der Waals surface area contributed by atoms with Crippen LogP contribution in [0.25, 0.3) is 0 Å². The highest BCUT2D eigenvalue weighted by molar-refractivity contribution is 9.10. The Balaban J connectivity index is 2.16. The van der Waals surface area contributed by atoms with Crippen molar-refractivity contribution in [3.05, 3.63) is 33.5 Å². The van der Waals surface area contributed by atoms with Crippen LogP contribution in [0.5, 0.6) is 0 Å². The molecule has 2 rings (SSSR count). The lowest BCUT2D eigenvalue weighted by Crippen LogP contribution is -2.38. The molecule has 122 valence electrons. The van der Waals surface area contributed by atoms with Gasteiger partial charge >= 0.3 is 6.09 Å². The van der Waals surface area contributed by atoms with Gasteiger partial charge in [0.1, 0.15) is 17.5 Å². The average Bonchev–Trinajstić information content (AvgIpc) is 2.41. The van der Waals surface area contributed by atoms with Crippen molar-refractivity contribution in [2.24, 2.45) is 0 Å². The zero-order valence-corrected chi connectivity index (χ0v) is 14.9. The van der Waals surface area contributed by atoms with Gasteiger partial charge in [0, 0.05) is 17.1 Å². The molecule has 0 spiro atoms. The van der Waals surface area contributed by atoms with Gasteiger partial charge < -0.3 is 14.4 Å². The summed E-state index contributed by atoms with van der Waals surface area (Å²) in [5.41, 5.74) is 0.871. The number of amides is 1. The van der Waals surface area contributed by atoms with E-state index in [9.17, 15) is 9.18 Å². The quantitative estimate of drug-likeness (QED) is 0.784. The van der Waals surface area contributed by atoms with Gasteiger partial charge in [-0.25, -0.2) is 9.18 Å². The van der Waals surface area contributed by atoms with Gasteiger partial charge in [0.2, 0.25) is 0 Å². The molecule has 1 heterocycles. The minimum absolute atomic E-state index is 0.245. The molecule has 6 heteroatoms. The first-order valence-electron chi connectivity index (χ1n) is 7.21. The van der Waals surface area contributed by atoms with E-state index >= 15 is 0 Å². The minimum Gasteiger partial charge on any atom is -0.444 e. The summed E-state index contributed by atoms with van der Waals surface area (Å²) < 4.78 is 26.1. The standard InChI is InChI=1S/C16H21BrFNO3/c1-16(2,3)22-15(20)19(4)9-13-14-10(7-8-21-13)11(17)5-6-12(14)18/h5-6,13H,7-9H2,1-4H3. The number of hydrogen-bond donors (Lipinski definition) is 0. The Morgan fingerprint density at radius 3 is 2.82 bits per heavy atom. The number of carbonyl (C=O) groups excluding carboxylic acids is 1. The summed E-state index contributed by atoms with van der Waals surface area (Å²) in [7, 11) is 1.63. The monoisotopic (exact) mass is 373 g/mol. The summed E-state index contributed by atoms with van der Waals surface area (Å²) in [6.45, 7) is 6.17. The van der Waals surface area contributed by atoms with Crippen molar-refractivity contribution < 1.29 is 18.7 Å². The minimum atomic E-state index is -0.565. The highest BCUT2D eigenvalue weighted by Gasteiger charge is 2.29. The summed E-state index contributed by atoms with van der Waals surface area (Å²) >= 11 is 3.45. The van der Waals surface area contributed by atoms with Gasteiger partial charge in [-0.3, -0.25) is 0 Å². The summed E-state index contributed by atoms with van der Waals surface area (Å²) in [4.78, 5) is 13.5. The van der Waals surface area contributed by atoms with Crippen molar-refractivity contribution in [2.45, 2.75) is 38.9 Å². The third-order valence-electron chi connectivity index (χ3n) is 3.38. The second-order valence-electron chi connectivity index (χ2n) is 6.39. The molecule has 1 aliphatic heterocycles. The lowest BCUT2D eigenvalue weighted by atomic mass is 9.96. The van der Waals surface area contributed by atoms with Crippen molar-refractivity contribution in [1.82, 2.24) is 4.90 Å². The van der Waals surface area contributed by atoms with E-state index in [2.05, 4.69) is 15.9 Å². The number of hydrogen-bond acceptors (Lipinski definition) is 3. The van der Waals surface area contributed by atoms with Gasteiger partial charge in [-0.15, -0.1) is 0 Å². The molecule has 0 bridgehead atoms. The Hall–Kier alpha value is -1.14. The third-order valence-corrected chi connectivity index (χ3v) is 4.13. The summed E-state index contributed by atoms with van der Waals surface area (Å²) in [6, 6.07) is 3.12. The van der Waals surface area contributed by atoms with E-state index < -0.39 is 17.8 Å². The van der Waals surface area contributed by atoms with Crippen LogP contribution in [0.15, 0.2) is 16.6 Å². The number of benzene rings is 1. The van der Waals surface area contributed by atoms with Crippen LogP contribution in [0.1, 0.15) is 38.0 Å². The first-order chi connectivity index (χ1) is 10.2. The maximum Gasteiger partial charge on any atom is 0.410 e. The SMILES string of the molecule is CN(CC1OCCc2c(Br)ccc(F)c21)C(=O)OC(C)(C)C. The van der Waals surface area contributed by atoms with E-state index in [-0.39, 0.29) is 12.4 Å². The Labute approximate surface area is 138 Å². The van der Waals surface area contributed by atoms with Crippen molar-refractivity contribution in [1.29, 1.82) is 0 Å². The molecule has 1 aromatic carbocycles. The smallest absolute Gasteiger partial charge is 0.410 e. The topological polar surface area (TPSA) is 38.8 Å². The van der Waals surface area contributed by atoms with Crippen LogP contribution in [0.3, 0.4) is 0 Å². The average molecular weight is 374 g/mol. The van der Waals surface area contributed by atoms with Gasteiger partial charge in [-0.1, -0.05) is 15.9 Å². The molecule has 0 saturated heterocycles. The number of fused-ring (bicyclic) bond motifs is 1. The fourth-order valence-corrected chi connectivity index (χ4v) is 2.95. The summed E-state index contributed by atoms with van der Waals surface area (Å²) in [5, 5.41) is 0. The molecular weight excluding hydrogens is 353 g/mol. The van der Waals surface area contributed by atoms with Gasteiger partial charge in [0.15, 0.2) is 0 Å². The van der Waals surface area contributed by atoms with Crippen LogP contribution >= 0.6 is 15.9 Å². The normalized spacial score (nSPS) is 17.8. The fraction of sp³-hybridized carbons (Fsp3) is 0.562. The maximum atomic E-state index is 14.2. The van der Waals surface area contributed by atoms with Gasteiger partial charge in [0.05, 0.1) is 13.2 Å². The Morgan fingerprint density at radius 1 is 1.50 bits per heavy atom. The van der Waals surface area contributed by atoms with Gasteiger partial charge in [0.25, 0.3) is 0 Å². The zero-order chi connectivity index (χ0) is 16.5. The van der Waals surface area contributed by atoms with Crippen LogP contribution in [0.2, 0.25) is 0 Å². The number of rotatable bonds is 2. The van der Waals surface area contributed by atoms with E-state index in [1.807, 2.05) is 20.8 Å². The predicted molar refractivity (Wildman–Crippen MR) is 85.4 cm³/mol. The van der Waals surface area contributed by atoms with Crippen LogP contribution in [0, 0.1) is 5.82 Å². The number of ether oxygens (including phenoxy) is 2. The predicted octanol–water partition coefficient (Wildman–Crippen LogP) is 4.07. The summed E-state index contributed by atoms with van der Waals surface area (Å²) in [5.74, 6) is -0.305. The second kappa shape index (κ2) is 6.54. The van der Waals surface area contributed by atoms with E-state index in [4.69, 9.17) is 9.47 Å². The molecule has 0 radical (unpaired) electrons. The molecule has 1 amide bonds. The Bertz CT molecular complexity index is 571. The van der Waals surface area contributed by atoms with E-state index in [1.54, 1.807) is 13.1 Å². The molecular formula is C16H21BrFNO3. The number of carbonyl (C=O) groups is 1. The van der Waals surface area contributed by atoms with Gasteiger partial charge in [-0.2, -0.15) is 0 Å². The van der Waals surface area contributed by atoms with Crippen molar-refractivity contribution >= 4 is 22.0 Å². The largest absolute Gasteiger partial charge is 0.444 e. The first kappa shape index (κ1) is 17.2. The Kier molecular flexibility index (Phi) is 5.12. The molecule has 1 aromatic rings. The Morgan fingerprint density at radius 2 is 2.18 bits per heavy atom. The molecule has 0 aliphatic carbocycles. The third kappa shape index (κ3) is 3.98. The highest BCUT2D eigenvalue weighted by Crippen LogP contribution is 2.34. The fourth-order valence-electron chi connectivity index (χ4n) is 2.41. The van der Waals surface area contributed by atoms with Crippen LogP contribution in [-0.4, -0.2) is 36.8 Å². The molecule has 22 heavy (non-hydrogen) atoms. The number of halogens is 2. The maximum absolute atomic E-state index is 14.2. The molecule has 1 atom stereocenters. The first-order valence-corrected chi connectivity index (χ1v) is 8.01. The molecule has 1 unspecified atom stereocenters.